The smallest absolute Gasteiger partial charge is 0.340 e. The maximum atomic E-state index is 11.8. The van der Waals surface area contributed by atoms with Gasteiger partial charge in [-0.1, -0.05) is 24.8 Å². The molecule has 1 saturated heterocycles. The predicted molar refractivity (Wildman–Crippen MR) is 78.2 cm³/mol. The summed E-state index contributed by atoms with van der Waals surface area (Å²) in [6.45, 7) is 5.83. The molecule has 22 heavy (non-hydrogen) atoms. The number of nitrogens with zero attached hydrogens (tertiary/aromatic N) is 3. The Morgan fingerprint density at radius 1 is 1.55 bits per heavy atom. The predicted octanol–water partition coefficient (Wildman–Crippen LogP) is 1.44. The van der Waals surface area contributed by atoms with Gasteiger partial charge < -0.3 is 14.6 Å². The first-order valence-corrected chi connectivity index (χ1v) is 7.03. The van der Waals surface area contributed by atoms with Gasteiger partial charge in [0.1, 0.15) is 11.6 Å². The van der Waals surface area contributed by atoms with E-state index in [0.29, 0.717) is 28.6 Å². The number of rotatable bonds is 3. The second kappa shape index (κ2) is 5.51. The highest BCUT2D eigenvalue weighted by Crippen LogP contribution is 2.35. The number of carbonyl (C=O) groups excluding carboxylic acids is 1. The molecule has 0 aliphatic carbocycles. The molecule has 1 aliphatic rings. The summed E-state index contributed by atoms with van der Waals surface area (Å²) >= 11 is 0. The lowest BCUT2D eigenvalue weighted by atomic mass is 10.1. The zero-order valence-corrected chi connectivity index (χ0v) is 12.4. The third-order valence-corrected chi connectivity index (χ3v) is 3.89. The fraction of sp³-hybridized carbons (Fsp3) is 0.400. The molecule has 116 valence electrons. The Bertz CT molecular complexity index is 739. The van der Waals surface area contributed by atoms with Crippen molar-refractivity contribution >= 4 is 17.0 Å². The lowest BCUT2D eigenvalue weighted by Crippen LogP contribution is -2.21. The van der Waals surface area contributed by atoms with Gasteiger partial charge in [0.05, 0.1) is 24.3 Å². The van der Waals surface area contributed by atoms with E-state index in [1.807, 2.05) is 6.92 Å². The Balaban J connectivity index is 2.06. The fourth-order valence-corrected chi connectivity index (χ4v) is 2.68. The molecule has 2 heterocycles. The van der Waals surface area contributed by atoms with Gasteiger partial charge in [-0.15, -0.1) is 5.10 Å². The van der Waals surface area contributed by atoms with Crippen LogP contribution in [0.1, 0.15) is 29.9 Å². The van der Waals surface area contributed by atoms with E-state index >= 15 is 0 Å². The monoisotopic (exact) mass is 303 g/mol. The van der Waals surface area contributed by atoms with Crippen LogP contribution in [0.3, 0.4) is 0 Å². The van der Waals surface area contributed by atoms with Gasteiger partial charge in [-0.25, -0.2) is 9.48 Å². The number of aliphatic hydroxyl groups is 1. The summed E-state index contributed by atoms with van der Waals surface area (Å²) < 4.78 is 12.0. The number of esters is 1. The molecule has 3 rings (SSSR count). The van der Waals surface area contributed by atoms with Crippen LogP contribution in [0.15, 0.2) is 30.4 Å². The maximum absolute atomic E-state index is 11.8. The van der Waals surface area contributed by atoms with Crippen molar-refractivity contribution in [3.8, 4) is 0 Å². The first-order chi connectivity index (χ1) is 10.6. The van der Waals surface area contributed by atoms with E-state index in [0.717, 1.165) is 0 Å². The minimum absolute atomic E-state index is 0.219. The molecule has 0 unspecified atom stereocenters. The number of carbonyl (C=O) groups is 1. The summed E-state index contributed by atoms with van der Waals surface area (Å²) in [6.07, 6.45) is -1.07. The lowest BCUT2D eigenvalue weighted by molar-refractivity contribution is -0.0431. The summed E-state index contributed by atoms with van der Waals surface area (Å²) in [5.41, 5.74) is 1.96. The van der Waals surface area contributed by atoms with E-state index in [1.54, 1.807) is 18.2 Å². The van der Waals surface area contributed by atoms with Gasteiger partial charge in [0.25, 0.3) is 0 Å². The van der Waals surface area contributed by atoms with E-state index in [1.165, 1.54) is 11.8 Å². The van der Waals surface area contributed by atoms with E-state index < -0.39 is 18.3 Å². The number of hydrogen-bond acceptors (Lipinski definition) is 6. The Morgan fingerprint density at radius 3 is 2.95 bits per heavy atom. The summed E-state index contributed by atoms with van der Waals surface area (Å²) in [5, 5.41) is 18.4. The zero-order valence-electron chi connectivity index (χ0n) is 12.4. The Morgan fingerprint density at radius 2 is 2.32 bits per heavy atom. The van der Waals surface area contributed by atoms with Gasteiger partial charge in [-0.05, 0) is 24.1 Å². The van der Waals surface area contributed by atoms with Gasteiger partial charge in [0, 0.05) is 0 Å². The van der Waals surface area contributed by atoms with Gasteiger partial charge in [0.2, 0.25) is 0 Å². The van der Waals surface area contributed by atoms with E-state index in [-0.39, 0.29) is 6.10 Å². The SMILES string of the molecule is C=C1[C@@H](O)[C@H](n2nnc3c(C(=O)OC)cccc32)O[C@@H]1CC. The minimum Gasteiger partial charge on any atom is -0.465 e. The third-order valence-electron chi connectivity index (χ3n) is 3.89. The van der Waals surface area contributed by atoms with Crippen LogP contribution in [-0.4, -0.2) is 45.4 Å². The number of aromatic nitrogens is 3. The molecular weight excluding hydrogens is 286 g/mol. The summed E-state index contributed by atoms with van der Waals surface area (Å²) in [4.78, 5) is 11.8. The van der Waals surface area contributed by atoms with Crippen LogP contribution in [0.4, 0.5) is 0 Å². The van der Waals surface area contributed by atoms with Crippen LogP contribution in [0.2, 0.25) is 0 Å². The number of hydrogen-bond donors (Lipinski definition) is 1. The van der Waals surface area contributed by atoms with Crippen LogP contribution in [0.5, 0.6) is 0 Å². The van der Waals surface area contributed by atoms with Crippen LogP contribution in [0, 0.1) is 0 Å². The Kier molecular flexibility index (Phi) is 3.67. The lowest BCUT2D eigenvalue weighted by Gasteiger charge is -2.14. The molecule has 0 radical (unpaired) electrons. The molecule has 0 spiro atoms. The highest BCUT2D eigenvalue weighted by molar-refractivity contribution is 6.01. The molecule has 0 saturated carbocycles. The second-order valence-electron chi connectivity index (χ2n) is 5.14. The normalized spacial score (nSPS) is 24.9. The molecular formula is C15H17N3O4. The van der Waals surface area contributed by atoms with Crippen molar-refractivity contribution in [1.82, 2.24) is 15.0 Å². The molecule has 3 atom stereocenters. The van der Waals surface area contributed by atoms with Gasteiger partial charge in [-0.2, -0.15) is 0 Å². The van der Waals surface area contributed by atoms with E-state index in [4.69, 9.17) is 9.47 Å². The number of methoxy groups -OCH3 is 1. The molecule has 1 aliphatic heterocycles. The van der Waals surface area contributed by atoms with E-state index in [9.17, 15) is 9.90 Å². The molecule has 1 aromatic carbocycles. The standard InChI is InChI=1S/C15H17N3O4/c1-4-11-8(2)13(19)14(22-11)18-10-7-5-6-9(15(20)21-3)12(10)16-17-18/h5-7,11,13-14,19H,2,4H2,1,3H3/t11-,13-,14-/m1/s1. The molecule has 1 fully saturated rings. The van der Waals surface area contributed by atoms with Gasteiger partial charge >= 0.3 is 5.97 Å². The van der Waals surface area contributed by atoms with Crippen LogP contribution < -0.4 is 0 Å². The van der Waals surface area contributed by atoms with Crippen molar-refractivity contribution in [1.29, 1.82) is 0 Å². The Hall–Kier alpha value is -2.25. The zero-order chi connectivity index (χ0) is 15.9. The topological polar surface area (TPSA) is 86.5 Å². The molecule has 2 aromatic rings. The molecule has 0 bridgehead atoms. The summed E-state index contributed by atoms with van der Waals surface area (Å²) in [6, 6.07) is 5.09. The van der Waals surface area contributed by atoms with E-state index in [2.05, 4.69) is 16.9 Å². The molecule has 0 amide bonds. The van der Waals surface area contributed by atoms with Gasteiger partial charge in [-0.3, -0.25) is 0 Å². The second-order valence-corrected chi connectivity index (χ2v) is 5.14. The number of fused-ring (bicyclic) bond motifs is 1. The highest BCUT2D eigenvalue weighted by atomic mass is 16.5. The first-order valence-electron chi connectivity index (χ1n) is 7.03. The van der Waals surface area contributed by atoms with Crippen LogP contribution in [-0.2, 0) is 9.47 Å². The van der Waals surface area contributed by atoms with Crippen LogP contribution in [0.25, 0.3) is 11.0 Å². The van der Waals surface area contributed by atoms with Crippen molar-refractivity contribution in [2.45, 2.75) is 31.8 Å². The number of ether oxygens (including phenoxy) is 2. The first kappa shape index (κ1) is 14.7. The van der Waals surface area contributed by atoms with Crippen molar-refractivity contribution in [3.63, 3.8) is 0 Å². The maximum Gasteiger partial charge on any atom is 0.340 e. The van der Waals surface area contributed by atoms with Crippen molar-refractivity contribution in [3.05, 3.63) is 35.9 Å². The number of aliphatic hydroxyl groups excluding tert-OH is 1. The largest absolute Gasteiger partial charge is 0.465 e. The molecule has 1 N–H and O–H groups in total. The summed E-state index contributed by atoms with van der Waals surface area (Å²) in [5.74, 6) is -0.485. The quantitative estimate of drug-likeness (QED) is 0.682. The average molecular weight is 303 g/mol. The van der Waals surface area contributed by atoms with Crippen molar-refractivity contribution in [2.24, 2.45) is 0 Å². The highest BCUT2D eigenvalue weighted by Gasteiger charge is 2.39. The van der Waals surface area contributed by atoms with Crippen molar-refractivity contribution < 1.29 is 19.4 Å². The van der Waals surface area contributed by atoms with Gasteiger partial charge in [0.15, 0.2) is 6.23 Å². The third kappa shape index (κ3) is 2.10. The molecule has 7 heteroatoms. The fourth-order valence-electron chi connectivity index (χ4n) is 2.68. The number of benzene rings is 1. The minimum atomic E-state index is -0.864. The van der Waals surface area contributed by atoms with Crippen molar-refractivity contribution in [2.75, 3.05) is 7.11 Å². The molecule has 7 nitrogen and oxygen atoms in total. The van der Waals surface area contributed by atoms with Crippen LogP contribution >= 0.6 is 0 Å². The summed E-state index contributed by atoms with van der Waals surface area (Å²) in [7, 11) is 1.31. The Labute approximate surface area is 127 Å². The average Bonchev–Trinajstić information content (AvgIpc) is 3.08. The molecule has 1 aromatic heterocycles.